The second-order valence-corrected chi connectivity index (χ2v) is 4.85. The third kappa shape index (κ3) is 3.50. The molecule has 1 heterocycles. The normalized spacial score (nSPS) is 10.4. The van der Waals surface area contributed by atoms with Crippen LogP contribution in [0.5, 0.6) is 0 Å². The highest BCUT2D eigenvalue weighted by Crippen LogP contribution is 2.11. The molecule has 0 radical (unpaired) electrons. The van der Waals surface area contributed by atoms with E-state index in [0.29, 0.717) is 11.3 Å². The molecule has 0 fully saturated rings. The van der Waals surface area contributed by atoms with Crippen molar-refractivity contribution in [3.05, 3.63) is 65.0 Å². The topological polar surface area (TPSA) is 30.0 Å². The van der Waals surface area contributed by atoms with Crippen molar-refractivity contribution in [2.45, 2.75) is 33.1 Å². The third-order valence-corrected chi connectivity index (χ3v) is 3.18. The van der Waals surface area contributed by atoms with Gasteiger partial charge < -0.3 is 0 Å². The number of carbonyl (C=O) groups excluding carboxylic acids is 1. The van der Waals surface area contributed by atoms with Crippen LogP contribution in [0, 0.1) is 6.92 Å². The predicted octanol–water partition coefficient (Wildman–Crippen LogP) is 3.96. The van der Waals surface area contributed by atoms with Crippen LogP contribution in [0.2, 0.25) is 0 Å². The summed E-state index contributed by atoms with van der Waals surface area (Å²) in [5.74, 6) is -0.0120. The number of ketones is 1. The lowest BCUT2D eigenvalue weighted by molar-refractivity contribution is 0.103. The molecule has 0 atom stereocenters. The van der Waals surface area contributed by atoms with E-state index < -0.39 is 0 Å². The maximum Gasteiger partial charge on any atom is 0.211 e. The fourth-order valence-corrected chi connectivity index (χ4v) is 1.95. The summed E-state index contributed by atoms with van der Waals surface area (Å²) in [5, 5.41) is 0. The van der Waals surface area contributed by atoms with E-state index in [-0.39, 0.29) is 5.78 Å². The van der Waals surface area contributed by atoms with Gasteiger partial charge in [-0.25, -0.2) is 0 Å². The second kappa shape index (κ2) is 6.28. The van der Waals surface area contributed by atoms with Crippen LogP contribution in [-0.4, -0.2) is 10.8 Å². The van der Waals surface area contributed by atoms with Gasteiger partial charge >= 0.3 is 0 Å². The van der Waals surface area contributed by atoms with Crippen molar-refractivity contribution in [3.8, 4) is 0 Å². The predicted molar refractivity (Wildman–Crippen MR) is 77.5 cm³/mol. The van der Waals surface area contributed by atoms with Crippen molar-refractivity contribution in [1.82, 2.24) is 4.98 Å². The minimum atomic E-state index is -0.0120. The van der Waals surface area contributed by atoms with Crippen molar-refractivity contribution in [1.29, 1.82) is 0 Å². The molecule has 0 aliphatic carbocycles. The molecule has 98 valence electrons. The third-order valence-electron chi connectivity index (χ3n) is 3.18. The number of hydrogen-bond acceptors (Lipinski definition) is 2. The first kappa shape index (κ1) is 13.5. The van der Waals surface area contributed by atoms with Gasteiger partial charge in [0.05, 0.1) is 0 Å². The minimum Gasteiger partial charge on any atom is -0.287 e. The van der Waals surface area contributed by atoms with Crippen molar-refractivity contribution < 1.29 is 4.79 Å². The molecular formula is C17H19NO. The molecule has 0 aliphatic heterocycles. The lowest BCUT2D eigenvalue weighted by Crippen LogP contribution is -2.04. The Morgan fingerprint density at radius 2 is 1.84 bits per heavy atom. The van der Waals surface area contributed by atoms with E-state index in [1.54, 1.807) is 12.3 Å². The first-order valence-corrected chi connectivity index (χ1v) is 6.77. The second-order valence-electron chi connectivity index (χ2n) is 4.85. The molecule has 1 aromatic carbocycles. The molecule has 2 nitrogen and oxygen atoms in total. The van der Waals surface area contributed by atoms with Gasteiger partial charge in [-0.15, -0.1) is 0 Å². The summed E-state index contributed by atoms with van der Waals surface area (Å²) in [6, 6.07) is 11.6. The van der Waals surface area contributed by atoms with Crippen molar-refractivity contribution >= 4 is 5.78 Å². The quantitative estimate of drug-likeness (QED) is 0.755. The monoisotopic (exact) mass is 253 g/mol. The highest BCUT2D eigenvalue weighted by Gasteiger charge is 2.09. The smallest absolute Gasteiger partial charge is 0.211 e. The highest BCUT2D eigenvalue weighted by atomic mass is 16.1. The lowest BCUT2D eigenvalue weighted by Gasteiger charge is -2.03. The molecule has 0 N–H and O–H groups in total. The molecule has 2 heteroatoms. The minimum absolute atomic E-state index is 0.0120. The molecule has 19 heavy (non-hydrogen) atoms. The van der Waals surface area contributed by atoms with Crippen LogP contribution in [-0.2, 0) is 6.42 Å². The Hall–Kier alpha value is -1.96. The number of hydrogen-bond donors (Lipinski definition) is 0. The first-order valence-electron chi connectivity index (χ1n) is 6.77. The maximum atomic E-state index is 12.2. The highest BCUT2D eigenvalue weighted by molar-refractivity contribution is 6.07. The molecule has 0 saturated carbocycles. The van der Waals surface area contributed by atoms with Crippen LogP contribution in [0.4, 0.5) is 0 Å². The van der Waals surface area contributed by atoms with Gasteiger partial charge in [0.25, 0.3) is 0 Å². The number of unbranched alkanes of at least 4 members (excludes halogenated alkanes) is 1. The number of aromatic nitrogens is 1. The molecule has 2 aromatic rings. The fourth-order valence-electron chi connectivity index (χ4n) is 1.95. The number of pyridine rings is 1. The van der Waals surface area contributed by atoms with E-state index >= 15 is 0 Å². The standard InChI is InChI=1S/C17H19NO/c1-3-4-5-14-7-9-15(10-8-14)17(19)16-11-6-13(2)12-18-16/h6-12H,3-5H2,1-2H3. The number of nitrogens with zero attached hydrogens (tertiary/aromatic N) is 1. The summed E-state index contributed by atoms with van der Waals surface area (Å²) >= 11 is 0. The lowest BCUT2D eigenvalue weighted by atomic mass is 10.0. The Morgan fingerprint density at radius 1 is 1.11 bits per heavy atom. The van der Waals surface area contributed by atoms with Crippen molar-refractivity contribution in [2.24, 2.45) is 0 Å². The number of aryl methyl sites for hydroxylation is 2. The summed E-state index contributed by atoms with van der Waals surface area (Å²) < 4.78 is 0. The Labute approximate surface area is 114 Å². The largest absolute Gasteiger partial charge is 0.287 e. The average molecular weight is 253 g/mol. The SMILES string of the molecule is CCCCc1ccc(C(=O)c2ccc(C)cn2)cc1. The van der Waals surface area contributed by atoms with Gasteiger partial charge in [0.2, 0.25) is 5.78 Å². The maximum absolute atomic E-state index is 12.2. The zero-order chi connectivity index (χ0) is 13.7. The zero-order valence-electron chi connectivity index (χ0n) is 11.5. The van der Waals surface area contributed by atoms with Gasteiger partial charge in [0.15, 0.2) is 0 Å². The van der Waals surface area contributed by atoms with Crippen molar-refractivity contribution in [2.75, 3.05) is 0 Å². The number of benzene rings is 1. The van der Waals surface area contributed by atoms with Gasteiger partial charge in [0.1, 0.15) is 5.69 Å². The number of rotatable bonds is 5. The van der Waals surface area contributed by atoms with E-state index in [9.17, 15) is 4.79 Å². The summed E-state index contributed by atoms with van der Waals surface area (Å²) in [6.07, 6.45) is 5.18. The molecule has 0 bridgehead atoms. The first-order chi connectivity index (χ1) is 9.20. The van der Waals surface area contributed by atoms with Gasteiger partial charge in [-0.1, -0.05) is 43.7 Å². The van der Waals surface area contributed by atoms with E-state index in [2.05, 4.69) is 11.9 Å². The van der Waals surface area contributed by atoms with Crippen LogP contribution in [0.3, 0.4) is 0 Å². The van der Waals surface area contributed by atoms with Crippen LogP contribution in [0.25, 0.3) is 0 Å². The summed E-state index contributed by atoms with van der Waals surface area (Å²) in [7, 11) is 0. The molecule has 1 aromatic heterocycles. The molecule has 0 aliphatic rings. The molecule has 0 unspecified atom stereocenters. The van der Waals surface area contributed by atoms with Gasteiger partial charge in [-0.3, -0.25) is 9.78 Å². The Balaban J connectivity index is 2.13. The van der Waals surface area contributed by atoms with E-state index in [1.165, 1.54) is 18.4 Å². The molecular weight excluding hydrogens is 234 g/mol. The van der Waals surface area contributed by atoms with Crippen LogP contribution >= 0.6 is 0 Å². The van der Waals surface area contributed by atoms with E-state index in [1.807, 2.05) is 37.3 Å². The zero-order valence-corrected chi connectivity index (χ0v) is 11.5. The molecule has 0 saturated heterocycles. The summed E-state index contributed by atoms with van der Waals surface area (Å²) in [5.41, 5.74) is 3.56. The summed E-state index contributed by atoms with van der Waals surface area (Å²) in [6.45, 7) is 4.14. The van der Waals surface area contributed by atoms with Gasteiger partial charge in [0, 0.05) is 11.8 Å². The van der Waals surface area contributed by atoms with E-state index in [4.69, 9.17) is 0 Å². The van der Waals surface area contributed by atoms with Gasteiger partial charge in [-0.05, 0) is 37.0 Å². The van der Waals surface area contributed by atoms with Gasteiger partial charge in [-0.2, -0.15) is 0 Å². The van der Waals surface area contributed by atoms with Crippen LogP contribution in [0.15, 0.2) is 42.6 Å². The fraction of sp³-hybridized carbons (Fsp3) is 0.294. The molecule has 0 spiro atoms. The summed E-state index contributed by atoms with van der Waals surface area (Å²) in [4.78, 5) is 16.4. The Bertz CT molecular complexity index is 540. The Kier molecular flexibility index (Phi) is 4.45. The van der Waals surface area contributed by atoms with E-state index in [0.717, 1.165) is 12.0 Å². The number of carbonyl (C=O) groups is 1. The van der Waals surface area contributed by atoms with Crippen LogP contribution in [0.1, 0.15) is 46.9 Å². The molecule has 0 amide bonds. The average Bonchev–Trinajstić information content (AvgIpc) is 2.46. The van der Waals surface area contributed by atoms with Crippen LogP contribution < -0.4 is 0 Å². The Morgan fingerprint density at radius 3 is 2.42 bits per heavy atom. The van der Waals surface area contributed by atoms with Crippen molar-refractivity contribution in [3.63, 3.8) is 0 Å². The molecule has 2 rings (SSSR count).